The number of hydrogen-bond acceptors (Lipinski definition) is 4. The molecular weight excluding hydrogens is 346 g/mol. The number of benzene rings is 1. The quantitative estimate of drug-likeness (QED) is 0.535. The Morgan fingerprint density at radius 3 is 2.41 bits per heavy atom. The minimum Gasteiger partial charge on any atom is -0.350 e. The topological polar surface area (TPSA) is 95.0 Å². The molecule has 3 aromatic rings. The molecular formula is C19H21N5O3. The van der Waals surface area contributed by atoms with Crippen molar-refractivity contribution >= 4 is 11.6 Å². The number of nitro groups is 1. The molecule has 2 aromatic heterocycles. The molecule has 0 aliphatic heterocycles. The van der Waals surface area contributed by atoms with Crippen LogP contribution in [-0.2, 0) is 11.3 Å². The van der Waals surface area contributed by atoms with Crippen molar-refractivity contribution in [3.05, 3.63) is 75.9 Å². The number of carbonyl (C=O) groups excluding carboxylic acids is 1. The van der Waals surface area contributed by atoms with Gasteiger partial charge in [0, 0.05) is 24.6 Å². The number of carbonyl (C=O) groups is 1. The number of aromatic nitrogens is 3. The third-order valence-corrected chi connectivity index (χ3v) is 4.52. The number of rotatable bonds is 6. The molecule has 1 unspecified atom stereocenters. The molecule has 1 aromatic carbocycles. The molecule has 0 saturated heterocycles. The molecule has 0 spiro atoms. The first kappa shape index (κ1) is 18.4. The van der Waals surface area contributed by atoms with Crippen molar-refractivity contribution < 1.29 is 9.72 Å². The van der Waals surface area contributed by atoms with Gasteiger partial charge in [0.25, 0.3) is 0 Å². The predicted octanol–water partition coefficient (Wildman–Crippen LogP) is 3.08. The Bertz CT molecular complexity index is 958. The largest absolute Gasteiger partial charge is 0.350 e. The zero-order valence-electron chi connectivity index (χ0n) is 15.4. The highest BCUT2D eigenvalue weighted by Crippen LogP contribution is 2.24. The van der Waals surface area contributed by atoms with Gasteiger partial charge in [0.1, 0.15) is 17.4 Å². The van der Waals surface area contributed by atoms with Crippen LogP contribution in [0.2, 0.25) is 0 Å². The SMILES string of the molecule is Cc1nn(C(C)C(=O)NCc2ccc(-n3cccc3)cc2)c(C)c1[N+](=O)[O-]. The summed E-state index contributed by atoms with van der Waals surface area (Å²) in [5.74, 6) is -0.245. The summed E-state index contributed by atoms with van der Waals surface area (Å²) in [5.41, 5.74) is 2.63. The first-order valence-corrected chi connectivity index (χ1v) is 8.58. The standard InChI is InChI=1S/C19H21N5O3/c1-13-18(24(26)27)14(2)23(21-13)15(3)19(25)20-12-16-6-8-17(9-7-16)22-10-4-5-11-22/h4-11,15H,12H2,1-3H3,(H,20,25). The molecule has 1 N–H and O–H groups in total. The van der Waals surface area contributed by atoms with Gasteiger partial charge in [-0.1, -0.05) is 12.1 Å². The monoisotopic (exact) mass is 367 g/mol. The molecule has 0 aliphatic carbocycles. The second-order valence-electron chi connectivity index (χ2n) is 6.37. The first-order chi connectivity index (χ1) is 12.9. The van der Waals surface area contributed by atoms with E-state index >= 15 is 0 Å². The fourth-order valence-corrected chi connectivity index (χ4v) is 3.04. The van der Waals surface area contributed by atoms with E-state index in [9.17, 15) is 14.9 Å². The fraction of sp³-hybridized carbons (Fsp3) is 0.263. The average molecular weight is 367 g/mol. The summed E-state index contributed by atoms with van der Waals surface area (Å²) in [6.07, 6.45) is 3.93. The van der Waals surface area contributed by atoms with Gasteiger partial charge in [-0.25, -0.2) is 0 Å². The van der Waals surface area contributed by atoms with Crippen LogP contribution in [0.25, 0.3) is 5.69 Å². The van der Waals surface area contributed by atoms with Gasteiger partial charge in [-0.3, -0.25) is 19.6 Å². The molecule has 140 valence electrons. The van der Waals surface area contributed by atoms with E-state index in [-0.39, 0.29) is 11.6 Å². The van der Waals surface area contributed by atoms with Crippen LogP contribution >= 0.6 is 0 Å². The van der Waals surface area contributed by atoms with Gasteiger partial charge in [-0.05, 0) is 50.6 Å². The van der Waals surface area contributed by atoms with E-state index in [1.54, 1.807) is 20.8 Å². The molecule has 1 atom stereocenters. The second kappa shape index (κ2) is 7.45. The molecule has 3 rings (SSSR count). The van der Waals surface area contributed by atoms with E-state index in [1.165, 1.54) is 4.68 Å². The van der Waals surface area contributed by atoms with E-state index in [1.807, 2.05) is 53.4 Å². The molecule has 27 heavy (non-hydrogen) atoms. The zero-order valence-corrected chi connectivity index (χ0v) is 15.4. The van der Waals surface area contributed by atoms with Crippen molar-refractivity contribution in [2.75, 3.05) is 0 Å². The van der Waals surface area contributed by atoms with E-state index in [4.69, 9.17) is 0 Å². The van der Waals surface area contributed by atoms with Crippen LogP contribution in [0.4, 0.5) is 5.69 Å². The maximum atomic E-state index is 12.5. The number of amides is 1. The summed E-state index contributed by atoms with van der Waals surface area (Å²) < 4.78 is 3.40. The third kappa shape index (κ3) is 3.74. The molecule has 0 bridgehead atoms. The van der Waals surface area contributed by atoms with E-state index in [0.717, 1.165) is 11.3 Å². The van der Waals surface area contributed by atoms with E-state index < -0.39 is 11.0 Å². The van der Waals surface area contributed by atoms with Crippen molar-refractivity contribution in [1.82, 2.24) is 19.7 Å². The maximum Gasteiger partial charge on any atom is 0.312 e. The summed E-state index contributed by atoms with van der Waals surface area (Å²) in [6, 6.07) is 11.1. The number of nitrogens with zero attached hydrogens (tertiary/aromatic N) is 4. The molecule has 2 heterocycles. The lowest BCUT2D eigenvalue weighted by atomic mass is 10.2. The Morgan fingerprint density at radius 2 is 1.85 bits per heavy atom. The van der Waals surface area contributed by atoms with Crippen LogP contribution in [-0.4, -0.2) is 25.2 Å². The highest BCUT2D eigenvalue weighted by Gasteiger charge is 2.26. The summed E-state index contributed by atoms with van der Waals surface area (Å²) in [7, 11) is 0. The van der Waals surface area contributed by atoms with E-state index in [2.05, 4.69) is 10.4 Å². The van der Waals surface area contributed by atoms with Crippen LogP contribution in [0.1, 0.15) is 29.9 Å². The molecule has 8 nitrogen and oxygen atoms in total. The van der Waals surface area contributed by atoms with Gasteiger partial charge in [-0.15, -0.1) is 0 Å². The van der Waals surface area contributed by atoms with Crippen molar-refractivity contribution in [3.63, 3.8) is 0 Å². The van der Waals surface area contributed by atoms with Gasteiger partial charge in [0.15, 0.2) is 0 Å². The van der Waals surface area contributed by atoms with Gasteiger partial charge < -0.3 is 9.88 Å². The van der Waals surface area contributed by atoms with Gasteiger partial charge in [0.2, 0.25) is 5.91 Å². The molecule has 8 heteroatoms. The Kier molecular flexibility index (Phi) is 5.07. The van der Waals surface area contributed by atoms with Gasteiger partial charge in [-0.2, -0.15) is 5.10 Å². The number of nitrogens with one attached hydrogen (secondary N) is 1. The lowest BCUT2D eigenvalue weighted by Gasteiger charge is -2.14. The minimum atomic E-state index is -0.642. The second-order valence-corrected chi connectivity index (χ2v) is 6.37. The number of hydrogen-bond donors (Lipinski definition) is 1. The van der Waals surface area contributed by atoms with Crippen molar-refractivity contribution in [3.8, 4) is 5.69 Å². The Balaban J connectivity index is 1.65. The smallest absolute Gasteiger partial charge is 0.312 e. The molecule has 0 saturated carbocycles. The highest BCUT2D eigenvalue weighted by molar-refractivity contribution is 5.80. The predicted molar refractivity (Wildman–Crippen MR) is 101 cm³/mol. The third-order valence-electron chi connectivity index (χ3n) is 4.52. The lowest BCUT2D eigenvalue weighted by molar-refractivity contribution is -0.386. The number of aryl methyl sites for hydroxylation is 1. The van der Waals surface area contributed by atoms with Crippen molar-refractivity contribution in [1.29, 1.82) is 0 Å². The maximum absolute atomic E-state index is 12.5. The molecule has 1 amide bonds. The van der Waals surface area contributed by atoms with E-state index in [0.29, 0.717) is 17.9 Å². The Labute approximate surface area is 156 Å². The van der Waals surface area contributed by atoms with Crippen LogP contribution < -0.4 is 5.32 Å². The minimum absolute atomic E-state index is 0.0461. The summed E-state index contributed by atoms with van der Waals surface area (Å²) in [6.45, 7) is 5.21. The van der Waals surface area contributed by atoms with Crippen LogP contribution in [0.3, 0.4) is 0 Å². The normalized spacial score (nSPS) is 12.0. The van der Waals surface area contributed by atoms with Crippen molar-refractivity contribution in [2.45, 2.75) is 33.4 Å². The van der Waals surface area contributed by atoms with Crippen LogP contribution in [0.5, 0.6) is 0 Å². The summed E-state index contributed by atoms with van der Waals surface area (Å²) >= 11 is 0. The first-order valence-electron chi connectivity index (χ1n) is 8.58. The molecule has 0 fully saturated rings. The van der Waals surface area contributed by atoms with Gasteiger partial charge in [0.05, 0.1) is 4.92 Å². The fourth-order valence-electron chi connectivity index (χ4n) is 3.04. The average Bonchev–Trinajstić information content (AvgIpc) is 3.27. The van der Waals surface area contributed by atoms with Crippen LogP contribution in [0.15, 0.2) is 48.8 Å². The Hall–Kier alpha value is -3.42. The lowest BCUT2D eigenvalue weighted by Crippen LogP contribution is -2.31. The highest BCUT2D eigenvalue weighted by atomic mass is 16.6. The van der Waals surface area contributed by atoms with Crippen LogP contribution in [0, 0.1) is 24.0 Å². The van der Waals surface area contributed by atoms with Crippen molar-refractivity contribution in [2.24, 2.45) is 0 Å². The summed E-state index contributed by atoms with van der Waals surface area (Å²) in [4.78, 5) is 23.1. The van der Waals surface area contributed by atoms with Gasteiger partial charge >= 0.3 is 5.69 Å². The zero-order chi connectivity index (χ0) is 19.6. The Morgan fingerprint density at radius 1 is 1.22 bits per heavy atom. The molecule has 0 aliphatic rings. The summed E-state index contributed by atoms with van der Waals surface area (Å²) in [5, 5.41) is 18.1. The molecule has 0 radical (unpaired) electrons.